The van der Waals surface area contributed by atoms with Crippen molar-refractivity contribution < 1.29 is 22.0 Å². The molecule has 1 rings (SSSR count). The van der Waals surface area contributed by atoms with Gasteiger partial charge in [0.25, 0.3) is 5.92 Å². The molecule has 1 saturated heterocycles. The van der Waals surface area contributed by atoms with E-state index in [0.717, 1.165) is 4.90 Å². The van der Waals surface area contributed by atoms with Crippen molar-refractivity contribution in [2.75, 3.05) is 19.6 Å². The maximum atomic E-state index is 13.0. The van der Waals surface area contributed by atoms with E-state index in [1.165, 1.54) is 0 Å². The van der Waals surface area contributed by atoms with Gasteiger partial charge < -0.3 is 0 Å². The van der Waals surface area contributed by atoms with E-state index in [9.17, 15) is 22.0 Å². The fourth-order valence-electron chi connectivity index (χ4n) is 1.74. The zero-order valence-electron chi connectivity index (χ0n) is 7.74. The minimum atomic E-state index is -4.39. The first-order chi connectivity index (χ1) is 6.24. The molecule has 1 atom stereocenters. The van der Waals surface area contributed by atoms with Crippen LogP contribution in [-0.2, 0) is 0 Å². The molecule has 0 amide bonds. The smallest absolute Gasteiger partial charge is 0.289 e. The molecule has 0 spiro atoms. The minimum absolute atomic E-state index is 0.164. The zero-order chi connectivity index (χ0) is 11.0. The van der Waals surface area contributed by atoms with E-state index in [1.807, 2.05) is 0 Å². The van der Waals surface area contributed by atoms with Crippen molar-refractivity contribution in [1.82, 2.24) is 4.90 Å². The Hall–Kier alpha value is -0.390. The summed E-state index contributed by atoms with van der Waals surface area (Å²) in [6.45, 7) is -0.608. The zero-order valence-corrected chi connectivity index (χ0v) is 7.74. The molecule has 0 aromatic rings. The van der Waals surface area contributed by atoms with Crippen molar-refractivity contribution in [3.63, 3.8) is 0 Å². The molecule has 1 aliphatic heterocycles. The lowest BCUT2D eigenvalue weighted by atomic mass is 10.0. The van der Waals surface area contributed by atoms with Crippen LogP contribution >= 0.6 is 0 Å². The Morgan fingerprint density at radius 2 is 1.93 bits per heavy atom. The highest BCUT2D eigenvalue weighted by molar-refractivity contribution is 4.90. The van der Waals surface area contributed by atoms with Gasteiger partial charge in [-0.2, -0.15) is 13.2 Å². The second-order valence-electron chi connectivity index (χ2n) is 3.65. The van der Waals surface area contributed by atoms with Gasteiger partial charge in [-0.25, -0.2) is 8.78 Å². The lowest BCUT2D eigenvalue weighted by molar-refractivity contribution is -0.145. The second kappa shape index (κ2) is 3.64. The molecule has 14 heavy (non-hydrogen) atoms. The predicted octanol–water partition coefficient (Wildman–Crippen LogP) is 2.53. The summed E-state index contributed by atoms with van der Waals surface area (Å²) < 4.78 is 61.8. The molecule has 0 aliphatic carbocycles. The maximum Gasteiger partial charge on any atom is 0.401 e. The van der Waals surface area contributed by atoms with E-state index in [1.54, 1.807) is 6.92 Å². The number of nitrogens with zero attached hydrogens (tertiary/aromatic N) is 1. The summed E-state index contributed by atoms with van der Waals surface area (Å²) in [6.07, 6.45) is -4.18. The number of alkyl halides is 5. The average molecular weight is 217 g/mol. The molecule has 6 heteroatoms. The highest BCUT2D eigenvalue weighted by Crippen LogP contribution is 2.36. The van der Waals surface area contributed by atoms with Gasteiger partial charge in [0, 0.05) is 12.5 Å². The Morgan fingerprint density at radius 1 is 1.36 bits per heavy atom. The summed E-state index contributed by atoms with van der Waals surface area (Å²) in [5, 5.41) is 0. The molecule has 1 unspecified atom stereocenters. The van der Waals surface area contributed by atoms with Crippen molar-refractivity contribution in [1.29, 1.82) is 0 Å². The van der Waals surface area contributed by atoms with Crippen molar-refractivity contribution in [3.05, 3.63) is 0 Å². The van der Waals surface area contributed by atoms with Gasteiger partial charge in [-0.3, -0.25) is 4.90 Å². The van der Waals surface area contributed by atoms with Crippen molar-refractivity contribution in [2.45, 2.75) is 25.4 Å². The van der Waals surface area contributed by atoms with Crippen LogP contribution in [0.15, 0.2) is 0 Å². The average Bonchev–Trinajstić information content (AvgIpc) is 2.20. The summed E-state index contributed by atoms with van der Waals surface area (Å²) in [4.78, 5) is 0.772. The molecule has 0 bridgehead atoms. The number of likely N-dealkylation sites (tertiary alicyclic amines) is 1. The first-order valence-corrected chi connectivity index (χ1v) is 4.41. The Bertz CT molecular complexity index is 200. The number of hydrogen-bond donors (Lipinski definition) is 0. The third-order valence-corrected chi connectivity index (χ3v) is 2.41. The highest BCUT2D eigenvalue weighted by Gasteiger charge is 2.49. The van der Waals surface area contributed by atoms with Crippen molar-refractivity contribution in [2.24, 2.45) is 5.92 Å². The topological polar surface area (TPSA) is 3.24 Å². The fourth-order valence-corrected chi connectivity index (χ4v) is 1.74. The first-order valence-electron chi connectivity index (χ1n) is 4.41. The normalized spacial score (nSPS) is 28.3. The van der Waals surface area contributed by atoms with Crippen LogP contribution in [0.1, 0.15) is 13.3 Å². The summed E-state index contributed by atoms with van der Waals surface area (Å²) in [5.41, 5.74) is 0. The summed E-state index contributed by atoms with van der Waals surface area (Å²) >= 11 is 0. The lowest BCUT2D eigenvalue weighted by Crippen LogP contribution is -2.34. The highest BCUT2D eigenvalue weighted by atomic mass is 19.4. The molecule has 1 heterocycles. The Morgan fingerprint density at radius 3 is 2.29 bits per heavy atom. The Kier molecular flexibility index (Phi) is 3.04. The molecule has 84 valence electrons. The van der Waals surface area contributed by atoms with Gasteiger partial charge in [0.15, 0.2) is 0 Å². The summed E-state index contributed by atoms with van der Waals surface area (Å²) in [7, 11) is 0. The van der Waals surface area contributed by atoms with Gasteiger partial charge in [0.05, 0.1) is 13.1 Å². The molecular weight excluding hydrogens is 205 g/mol. The van der Waals surface area contributed by atoms with Crippen LogP contribution < -0.4 is 0 Å². The predicted molar refractivity (Wildman–Crippen MR) is 41.2 cm³/mol. The molecular formula is C8H12F5N. The standard InChI is InChI=1S/C8H12F5N/c1-2-6-3-14(4-7(6,9)10)5-8(11,12)13/h6H,2-5H2,1H3. The van der Waals surface area contributed by atoms with E-state index in [2.05, 4.69) is 0 Å². The number of halogens is 5. The van der Waals surface area contributed by atoms with E-state index >= 15 is 0 Å². The van der Waals surface area contributed by atoms with Crippen LogP contribution in [0.3, 0.4) is 0 Å². The van der Waals surface area contributed by atoms with Crippen LogP contribution in [0.5, 0.6) is 0 Å². The van der Waals surface area contributed by atoms with Gasteiger partial charge in [-0.1, -0.05) is 6.92 Å². The van der Waals surface area contributed by atoms with E-state index in [-0.39, 0.29) is 13.0 Å². The van der Waals surface area contributed by atoms with E-state index in [4.69, 9.17) is 0 Å². The van der Waals surface area contributed by atoms with Crippen molar-refractivity contribution >= 4 is 0 Å². The Balaban J connectivity index is 2.54. The van der Waals surface area contributed by atoms with Gasteiger partial charge >= 0.3 is 6.18 Å². The molecule has 0 N–H and O–H groups in total. The molecule has 0 saturated carbocycles. The third kappa shape index (κ3) is 2.80. The van der Waals surface area contributed by atoms with Gasteiger partial charge in [-0.05, 0) is 6.42 Å². The third-order valence-electron chi connectivity index (χ3n) is 2.41. The largest absolute Gasteiger partial charge is 0.401 e. The molecule has 1 nitrogen and oxygen atoms in total. The molecule has 0 aromatic carbocycles. The Labute approximate surface area is 78.9 Å². The van der Waals surface area contributed by atoms with Crippen LogP contribution in [0, 0.1) is 5.92 Å². The quantitative estimate of drug-likeness (QED) is 0.642. The minimum Gasteiger partial charge on any atom is -0.289 e. The summed E-state index contributed by atoms with van der Waals surface area (Å²) in [5.74, 6) is -3.91. The second-order valence-corrected chi connectivity index (χ2v) is 3.65. The molecule has 0 radical (unpaired) electrons. The lowest BCUT2D eigenvalue weighted by Gasteiger charge is -2.16. The maximum absolute atomic E-state index is 13.0. The van der Waals surface area contributed by atoms with Crippen LogP contribution in [0.25, 0.3) is 0 Å². The number of hydrogen-bond acceptors (Lipinski definition) is 1. The number of rotatable bonds is 2. The SMILES string of the molecule is CCC1CN(CC(F)(F)F)CC1(F)F. The fraction of sp³-hybridized carbons (Fsp3) is 1.00. The first kappa shape index (κ1) is 11.7. The monoisotopic (exact) mass is 217 g/mol. The van der Waals surface area contributed by atoms with Crippen molar-refractivity contribution in [3.8, 4) is 0 Å². The van der Waals surface area contributed by atoms with Gasteiger partial charge in [-0.15, -0.1) is 0 Å². The summed E-state index contributed by atoms with van der Waals surface area (Å²) in [6, 6.07) is 0. The van der Waals surface area contributed by atoms with Gasteiger partial charge in [0.2, 0.25) is 0 Å². The van der Waals surface area contributed by atoms with Crippen LogP contribution in [0.4, 0.5) is 22.0 Å². The van der Waals surface area contributed by atoms with E-state index < -0.39 is 31.1 Å². The molecule has 1 fully saturated rings. The van der Waals surface area contributed by atoms with Gasteiger partial charge in [0.1, 0.15) is 0 Å². The molecule has 1 aliphatic rings. The van der Waals surface area contributed by atoms with Crippen LogP contribution in [-0.4, -0.2) is 36.6 Å². The van der Waals surface area contributed by atoms with Crippen LogP contribution in [0.2, 0.25) is 0 Å². The van der Waals surface area contributed by atoms with E-state index in [0.29, 0.717) is 0 Å². The molecule has 0 aromatic heterocycles.